The van der Waals surface area contributed by atoms with Crippen LogP contribution >= 0.6 is 11.3 Å². The topological polar surface area (TPSA) is 30.3 Å². The van der Waals surface area contributed by atoms with E-state index in [0.29, 0.717) is 6.10 Å². The Kier molecular flexibility index (Phi) is 5.28. The van der Waals surface area contributed by atoms with Gasteiger partial charge in [0.05, 0.1) is 12.6 Å². The Balaban J connectivity index is 1.57. The van der Waals surface area contributed by atoms with Crippen LogP contribution < -0.4 is 0 Å². The molecule has 0 aliphatic carbocycles. The molecule has 1 atom stereocenters. The van der Waals surface area contributed by atoms with Gasteiger partial charge >= 0.3 is 0 Å². The van der Waals surface area contributed by atoms with Crippen molar-refractivity contribution in [1.82, 2.24) is 14.5 Å². The third-order valence-electron chi connectivity index (χ3n) is 4.16. The van der Waals surface area contributed by atoms with E-state index >= 15 is 0 Å². The lowest BCUT2D eigenvalue weighted by Crippen LogP contribution is -2.19. The quantitative estimate of drug-likeness (QED) is 0.810. The molecule has 0 radical (unpaired) electrons. The summed E-state index contributed by atoms with van der Waals surface area (Å²) in [5, 5.41) is 0. The van der Waals surface area contributed by atoms with Gasteiger partial charge in [0.2, 0.25) is 0 Å². The lowest BCUT2D eigenvalue weighted by molar-refractivity contribution is 0.0172. The first-order valence-electron chi connectivity index (χ1n) is 8.15. The molecule has 22 heavy (non-hydrogen) atoms. The van der Waals surface area contributed by atoms with Gasteiger partial charge in [0, 0.05) is 41.8 Å². The van der Waals surface area contributed by atoms with E-state index in [1.165, 1.54) is 29.0 Å². The lowest BCUT2D eigenvalue weighted by atomic mass is 10.1. The van der Waals surface area contributed by atoms with Crippen LogP contribution in [0.25, 0.3) is 0 Å². The maximum Gasteiger partial charge on any atom is 0.122 e. The van der Waals surface area contributed by atoms with Crippen LogP contribution in [0, 0.1) is 0 Å². The molecule has 1 saturated heterocycles. The molecule has 0 amide bonds. The highest BCUT2D eigenvalue weighted by molar-refractivity contribution is 7.12. The third-order valence-corrected chi connectivity index (χ3v) is 5.32. The summed E-state index contributed by atoms with van der Waals surface area (Å²) < 4.78 is 8.08. The van der Waals surface area contributed by atoms with Crippen molar-refractivity contribution in [3.8, 4) is 0 Å². The molecule has 0 spiro atoms. The fourth-order valence-electron chi connectivity index (χ4n) is 2.96. The summed E-state index contributed by atoms with van der Waals surface area (Å²) in [6, 6.07) is 4.50. The molecule has 120 valence electrons. The van der Waals surface area contributed by atoms with E-state index in [1.54, 1.807) is 0 Å². The Morgan fingerprint density at radius 2 is 2.27 bits per heavy atom. The Labute approximate surface area is 136 Å². The Morgan fingerprint density at radius 1 is 1.36 bits per heavy atom. The number of thiophene rings is 1. The van der Waals surface area contributed by atoms with Gasteiger partial charge in [0.1, 0.15) is 5.82 Å². The number of hydrogen-bond acceptors (Lipinski definition) is 4. The first-order chi connectivity index (χ1) is 10.8. The Morgan fingerprint density at radius 3 is 3.05 bits per heavy atom. The molecule has 4 nitrogen and oxygen atoms in total. The van der Waals surface area contributed by atoms with E-state index in [9.17, 15) is 0 Å². The zero-order chi connectivity index (χ0) is 15.4. The maximum absolute atomic E-state index is 5.88. The van der Waals surface area contributed by atoms with E-state index in [2.05, 4.69) is 40.6 Å². The van der Waals surface area contributed by atoms with Gasteiger partial charge in [-0.2, -0.15) is 0 Å². The number of hydrogen-bond donors (Lipinski definition) is 0. The van der Waals surface area contributed by atoms with Crippen LogP contribution in [0.1, 0.15) is 47.9 Å². The Hall–Kier alpha value is -1.17. The van der Waals surface area contributed by atoms with E-state index in [-0.39, 0.29) is 0 Å². The predicted molar refractivity (Wildman–Crippen MR) is 89.9 cm³/mol. The van der Waals surface area contributed by atoms with Gasteiger partial charge < -0.3 is 9.30 Å². The monoisotopic (exact) mass is 319 g/mol. The standard InChI is InChI=1S/C17H25N3OS/c1-3-20-10-9-18-17(20)13-19(2)12-14-7-8-16(22-14)15-6-4-5-11-21-15/h7-10,15H,3-6,11-13H2,1-2H3/t15-/m0/s1. The first kappa shape index (κ1) is 15.7. The molecule has 1 aliphatic rings. The van der Waals surface area contributed by atoms with E-state index < -0.39 is 0 Å². The summed E-state index contributed by atoms with van der Waals surface area (Å²) in [7, 11) is 2.16. The highest BCUT2D eigenvalue weighted by atomic mass is 32.1. The van der Waals surface area contributed by atoms with Gasteiger partial charge in [-0.05, 0) is 45.4 Å². The summed E-state index contributed by atoms with van der Waals surface area (Å²) >= 11 is 1.90. The molecule has 0 bridgehead atoms. The SMILES string of the molecule is CCn1ccnc1CN(C)Cc1ccc([C@@H]2CCCCO2)s1. The summed E-state index contributed by atoms with van der Waals surface area (Å²) in [6.45, 7) is 5.89. The minimum Gasteiger partial charge on any atom is -0.373 e. The van der Waals surface area contributed by atoms with Gasteiger partial charge in [0.25, 0.3) is 0 Å². The number of imidazole rings is 1. The van der Waals surface area contributed by atoms with Crippen molar-refractivity contribution in [3.63, 3.8) is 0 Å². The van der Waals surface area contributed by atoms with E-state index in [4.69, 9.17) is 4.74 Å². The number of aromatic nitrogens is 2. The molecule has 2 aromatic heterocycles. The molecular formula is C17H25N3OS. The van der Waals surface area contributed by atoms with Crippen LogP contribution in [-0.2, 0) is 24.4 Å². The number of nitrogens with zero attached hydrogens (tertiary/aromatic N) is 3. The fraction of sp³-hybridized carbons (Fsp3) is 0.588. The molecule has 5 heteroatoms. The van der Waals surface area contributed by atoms with Gasteiger partial charge in [-0.15, -0.1) is 11.3 Å². The average molecular weight is 319 g/mol. The van der Waals surface area contributed by atoms with Crippen molar-refractivity contribution in [1.29, 1.82) is 0 Å². The van der Waals surface area contributed by atoms with Crippen molar-refractivity contribution in [2.24, 2.45) is 0 Å². The summed E-state index contributed by atoms with van der Waals surface area (Å²) in [5.41, 5.74) is 0. The molecule has 0 saturated carbocycles. The minimum atomic E-state index is 0.330. The first-order valence-corrected chi connectivity index (χ1v) is 8.96. The second-order valence-electron chi connectivity index (χ2n) is 5.96. The number of ether oxygens (including phenoxy) is 1. The van der Waals surface area contributed by atoms with Crippen LogP contribution in [0.5, 0.6) is 0 Å². The smallest absolute Gasteiger partial charge is 0.122 e. The molecule has 2 aromatic rings. The van der Waals surface area contributed by atoms with E-state index in [1.807, 2.05) is 23.7 Å². The minimum absolute atomic E-state index is 0.330. The molecule has 0 unspecified atom stereocenters. The highest BCUT2D eigenvalue weighted by Crippen LogP contribution is 2.33. The van der Waals surface area contributed by atoms with E-state index in [0.717, 1.165) is 32.1 Å². The van der Waals surface area contributed by atoms with Gasteiger partial charge in [-0.3, -0.25) is 4.90 Å². The molecule has 3 heterocycles. The van der Waals surface area contributed by atoms with Crippen molar-refractivity contribution >= 4 is 11.3 Å². The van der Waals surface area contributed by atoms with Crippen LogP contribution in [-0.4, -0.2) is 28.1 Å². The fourth-order valence-corrected chi connectivity index (χ4v) is 4.14. The van der Waals surface area contributed by atoms with Crippen molar-refractivity contribution in [3.05, 3.63) is 40.1 Å². The molecule has 0 aromatic carbocycles. The lowest BCUT2D eigenvalue weighted by Gasteiger charge is -2.21. The Bertz CT molecular complexity index is 586. The maximum atomic E-state index is 5.88. The van der Waals surface area contributed by atoms with Crippen LogP contribution in [0.3, 0.4) is 0 Å². The molecule has 1 aliphatic heterocycles. The molecular weight excluding hydrogens is 294 g/mol. The largest absolute Gasteiger partial charge is 0.373 e. The third kappa shape index (κ3) is 3.77. The average Bonchev–Trinajstić information content (AvgIpc) is 3.17. The van der Waals surface area contributed by atoms with Crippen molar-refractivity contribution in [2.45, 2.75) is 51.9 Å². The molecule has 1 fully saturated rings. The highest BCUT2D eigenvalue weighted by Gasteiger charge is 2.18. The number of aryl methyl sites for hydroxylation is 1. The predicted octanol–water partition coefficient (Wildman–Crippen LogP) is 3.84. The number of rotatable bonds is 6. The summed E-state index contributed by atoms with van der Waals surface area (Å²) in [5.74, 6) is 1.14. The van der Waals surface area contributed by atoms with Gasteiger partial charge in [0.15, 0.2) is 0 Å². The van der Waals surface area contributed by atoms with Crippen LogP contribution in [0.15, 0.2) is 24.5 Å². The zero-order valence-corrected chi connectivity index (χ0v) is 14.3. The van der Waals surface area contributed by atoms with Gasteiger partial charge in [-0.1, -0.05) is 0 Å². The zero-order valence-electron chi connectivity index (χ0n) is 13.5. The molecule has 3 rings (SSSR count). The van der Waals surface area contributed by atoms with Crippen molar-refractivity contribution < 1.29 is 4.74 Å². The second-order valence-corrected chi connectivity index (χ2v) is 7.16. The van der Waals surface area contributed by atoms with Crippen LogP contribution in [0.4, 0.5) is 0 Å². The summed E-state index contributed by atoms with van der Waals surface area (Å²) in [4.78, 5) is 9.57. The van der Waals surface area contributed by atoms with Gasteiger partial charge in [-0.25, -0.2) is 4.98 Å². The van der Waals surface area contributed by atoms with Crippen LogP contribution in [0.2, 0.25) is 0 Å². The second kappa shape index (κ2) is 7.40. The van der Waals surface area contributed by atoms with Crippen molar-refractivity contribution in [2.75, 3.05) is 13.7 Å². The normalized spacial score (nSPS) is 19.0. The molecule has 0 N–H and O–H groups in total. The summed E-state index contributed by atoms with van der Waals surface area (Å²) in [6.07, 6.45) is 7.93.